The van der Waals surface area contributed by atoms with Crippen molar-refractivity contribution in [3.05, 3.63) is 72.2 Å². The van der Waals surface area contributed by atoms with Crippen LogP contribution in [-0.2, 0) is 11.3 Å². The Labute approximate surface area is 199 Å². The fraction of sp³-hybridized carbons (Fsp3) is 0.308. The Kier molecular flexibility index (Phi) is 8.06. The molecule has 1 aliphatic rings. The molecule has 0 spiro atoms. The summed E-state index contributed by atoms with van der Waals surface area (Å²) in [5.74, 6) is 1.33. The number of fused-ring (bicyclic) bond motifs is 7. The van der Waals surface area contributed by atoms with Crippen molar-refractivity contribution in [3.8, 4) is 22.8 Å². The zero-order valence-electron chi connectivity index (χ0n) is 19.5. The van der Waals surface area contributed by atoms with Crippen LogP contribution in [0.1, 0.15) is 12.0 Å². The first-order valence-electron chi connectivity index (χ1n) is 11.2. The number of rotatable bonds is 4. The lowest BCUT2D eigenvalue weighted by Gasteiger charge is -2.19. The molecule has 34 heavy (non-hydrogen) atoms. The lowest BCUT2D eigenvalue weighted by atomic mass is 10.1. The molecule has 2 aromatic carbocycles. The Balaban J connectivity index is 1.68. The number of hydrogen-bond donors (Lipinski definition) is 1. The lowest BCUT2D eigenvalue weighted by Crippen LogP contribution is -2.19. The third kappa shape index (κ3) is 6.52. The van der Waals surface area contributed by atoms with E-state index in [1.807, 2.05) is 18.2 Å². The maximum Gasteiger partial charge on any atom is 0.227 e. The molecule has 0 atom stereocenters. The minimum Gasteiger partial charge on any atom is -0.493 e. The molecular weight excluding hydrogens is 435 g/mol. The van der Waals surface area contributed by atoms with Crippen LogP contribution < -0.4 is 14.8 Å². The van der Waals surface area contributed by atoms with Gasteiger partial charge in [0.1, 0.15) is 23.9 Å². The van der Waals surface area contributed by atoms with Crippen molar-refractivity contribution in [1.29, 1.82) is 0 Å². The van der Waals surface area contributed by atoms with Crippen molar-refractivity contribution in [3.63, 3.8) is 0 Å². The molecular formula is C26H29FN4O3. The fourth-order valence-electron chi connectivity index (χ4n) is 3.63. The van der Waals surface area contributed by atoms with E-state index in [4.69, 9.17) is 14.2 Å². The van der Waals surface area contributed by atoms with Crippen LogP contribution in [0.4, 0.5) is 16.0 Å². The van der Waals surface area contributed by atoms with E-state index in [0.29, 0.717) is 49.3 Å². The van der Waals surface area contributed by atoms with Crippen LogP contribution in [0, 0.1) is 5.82 Å². The van der Waals surface area contributed by atoms with Gasteiger partial charge in [0, 0.05) is 49.3 Å². The van der Waals surface area contributed by atoms with Crippen LogP contribution in [0.2, 0.25) is 0 Å². The largest absolute Gasteiger partial charge is 0.493 e. The average molecular weight is 465 g/mol. The Hall–Kier alpha value is -3.49. The summed E-state index contributed by atoms with van der Waals surface area (Å²) in [7, 11) is 3.71. The first-order chi connectivity index (χ1) is 16.6. The summed E-state index contributed by atoms with van der Waals surface area (Å²) < 4.78 is 31.1. The molecule has 0 amide bonds. The highest BCUT2D eigenvalue weighted by Crippen LogP contribution is 2.28. The minimum atomic E-state index is -0.374. The van der Waals surface area contributed by atoms with E-state index in [0.717, 1.165) is 30.0 Å². The van der Waals surface area contributed by atoms with Crippen LogP contribution >= 0.6 is 0 Å². The van der Waals surface area contributed by atoms with Crippen LogP contribution in [0.15, 0.2) is 60.8 Å². The number of halogens is 1. The van der Waals surface area contributed by atoms with Gasteiger partial charge in [-0.15, -0.1) is 0 Å². The van der Waals surface area contributed by atoms with E-state index in [2.05, 4.69) is 39.4 Å². The number of ether oxygens (including phenoxy) is 3. The van der Waals surface area contributed by atoms with E-state index in [-0.39, 0.29) is 5.82 Å². The molecule has 0 saturated heterocycles. The molecule has 8 heteroatoms. The first kappa shape index (κ1) is 23.7. The molecule has 7 nitrogen and oxygen atoms in total. The van der Waals surface area contributed by atoms with Crippen molar-refractivity contribution in [2.75, 3.05) is 45.8 Å². The van der Waals surface area contributed by atoms with Crippen molar-refractivity contribution in [1.82, 2.24) is 14.9 Å². The Morgan fingerprint density at radius 2 is 2.03 bits per heavy atom. The second-order valence-corrected chi connectivity index (χ2v) is 8.04. The third-order valence-corrected chi connectivity index (χ3v) is 5.26. The predicted octanol–water partition coefficient (Wildman–Crippen LogP) is 4.82. The van der Waals surface area contributed by atoms with Crippen molar-refractivity contribution < 1.29 is 18.6 Å². The molecule has 178 valence electrons. The van der Waals surface area contributed by atoms with Gasteiger partial charge >= 0.3 is 0 Å². The summed E-state index contributed by atoms with van der Waals surface area (Å²) in [6.07, 6.45) is 6.55. The number of benzene rings is 2. The number of likely N-dealkylation sites (N-methyl/N-ethyl adjacent to an activating group) is 1. The molecule has 0 saturated carbocycles. The monoisotopic (exact) mass is 464 g/mol. The number of aromatic nitrogens is 2. The van der Waals surface area contributed by atoms with Crippen LogP contribution in [-0.4, -0.2) is 55.4 Å². The fourth-order valence-corrected chi connectivity index (χ4v) is 3.63. The summed E-state index contributed by atoms with van der Waals surface area (Å²) in [6, 6.07) is 12.3. The van der Waals surface area contributed by atoms with Crippen LogP contribution in [0.25, 0.3) is 11.3 Å². The zero-order valence-corrected chi connectivity index (χ0v) is 19.5. The average Bonchev–Trinajstić information content (AvgIpc) is 2.82. The van der Waals surface area contributed by atoms with Crippen molar-refractivity contribution >= 4 is 11.6 Å². The second kappa shape index (κ2) is 11.6. The van der Waals surface area contributed by atoms with Gasteiger partial charge in [-0.1, -0.05) is 12.2 Å². The smallest absolute Gasteiger partial charge is 0.227 e. The second-order valence-electron chi connectivity index (χ2n) is 8.04. The van der Waals surface area contributed by atoms with Gasteiger partial charge in [0.2, 0.25) is 5.95 Å². The Bertz CT molecular complexity index is 1140. The number of nitrogens with zero attached hydrogens (tertiary/aromatic N) is 3. The van der Waals surface area contributed by atoms with Gasteiger partial charge in [-0.2, -0.15) is 0 Å². The highest BCUT2D eigenvalue weighted by Gasteiger charge is 2.11. The molecule has 1 aromatic heterocycles. The van der Waals surface area contributed by atoms with E-state index in [1.165, 1.54) is 12.1 Å². The molecule has 0 aliphatic carbocycles. The van der Waals surface area contributed by atoms with Gasteiger partial charge in [0.05, 0.1) is 18.9 Å². The molecule has 1 aliphatic heterocycles. The maximum absolute atomic E-state index is 14.3. The van der Waals surface area contributed by atoms with Gasteiger partial charge in [-0.05, 0) is 49.9 Å². The Morgan fingerprint density at radius 1 is 1.12 bits per heavy atom. The molecule has 0 radical (unpaired) electrons. The SMILES string of the molecule is COCCOc1ccc2cc1CN(C)C/C=C\CCOc1cc(F)cc(c1)-c1ccnc(n1)N2. The number of anilines is 2. The molecule has 0 fully saturated rings. The highest BCUT2D eigenvalue weighted by atomic mass is 19.1. The molecule has 4 rings (SSSR count). The molecule has 0 unspecified atom stereocenters. The number of nitrogens with one attached hydrogen (secondary N) is 1. The topological polar surface area (TPSA) is 68.7 Å². The quantitative estimate of drug-likeness (QED) is 0.438. The third-order valence-electron chi connectivity index (χ3n) is 5.26. The first-order valence-corrected chi connectivity index (χ1v) is 11.2. The molecule has 3 aromatic rings. The predicted molar refractivity (Wildman–Crippen MR) is 130 cm³/mol. The standard InChI is InChI=1S/C26H29FN4O3/c1-31-10-4-3-5-11-33-23-16-19(14-21(27)17-23)24-8-9-28-26(30-24)29-22-6-7-25(20(15-22)18-31)34-13-12-32-2/h3-4,6-9,14-17H,5,10-13,18H2,1-2H3,(H,28,29,30)/b4-3-. The maximum atomic E-state index is 14.3. The van der Waals surface area contributed by atoms with Crippen LogP contribution in [0.5, 0.6) is 11.5 Å². The van der Waals surface area contributed by atoms with Gasteiger partial charge in [0.15, 0.2) is 0 Å². The zero-order chi connectivity index (χ0) is 23.8. The highest BCUT2D eigenvalue weighted by molar-refractivity contribution is 5.64. The minimum absolute atomic E-state index is 0.374. The normalized spacial score (nSPS) is 15.4. The summed E-state index contributed by atoms with van der Waals surface area (Å²) in [6.45, 7) is 2.91. The number of methoxy groups -OCH3 is 1. The number of hydrogen-bond acceptors (Lipinski definition) is 7. The summed E-state index contributed by atoms with van der Waals surface area (Å²) in [5, 5.41) is 3.26. The van der Waals surface area contributed by atoms with E-state index in [9.17, 15) is 4.39 Å². The van der Waals surface area contributed by atoms with Gasteiger partial charge < -0.3 is 19.5 Å². The van der Waals surface area contributed by atoms with Crippen molar-refractivity contribution in [2.24, 2.45) is 0 Å². The lowest BCUT2D eigenvalue weighted by molar-refractivity contribution is 0.145. The summed E-state index contributed by atoms with van der Waals surface area (Å²) >= 11 is 0. The van der Waals surface area contributed by atoms with Crippen molar-refractivity contribution in [2.45, 2.75) is 13.0 Å². The van der Waals surface area contributed by atoms with E-state index >= 15 is 0 Å². The summed E-state index contributed by atoms with van der Waals surface area (Å²) in [4.78, 5) is 11.1. The Morgan fingerprint density at radius 3 is 2.91 bits per heavy atom. The van der Waals surface area contributed by atoms with Gasteiger partial charge in [0.25, 0.3) is 0 Å². The summed E-state index contributed by atoms with van der Waals surface area (Å²) in [5.41, 5.74) is 3.09. The molecule has 6 bridgehead atoms. The molecule has 1 N–H and O–H groups in total. The van der Waals surface area contributed by atoms with Gasteiger partial charge in [-0.25, -0.2) is 14.4 Å². The van der Waals surface area contributed by atoms with E-state index < -0.39 is 0 Å². The molecule has 2 heterocycles. The van der Waals surface area contributed by atoms with Gasteiger partial charge in [-0.3, -0.25) is 4.90 Å². The van der Waals surface area contributed by atoms with Crippen LogP contribution in [0.3, 0.4) is 0 Å². The van der Waals surface area contributed by atoms with E-state index in [1.54, 1.807) is 25.4 Å².